The predicted molar refractivity (Wildman–Crippen MR) is 116 cm³/mol. The summed E-state index contributed by atoms with van der Waals surface area (Å²) in [5.41, 5.74) is -0.497. The van der Waals surface area contributed by atoms with Crippen LogP contribution in [0.25, 0.3) is 0 Å². The molecule has 3 heterocycles. The van der Waals surface area contributed by atoms with Gasteiger partial charge in [-0.05, 0) is 38.0 Å². The zero-order valence-electron chi connectivity index (χ0n) is 18.9. The molecule has 4 amide bonds. The lowest BCUT2D eigenvalue weighted by atomic mass is 9.73. The monoisotopic (exact) mass is 435 g/mol. The molecule has 9 nitrogen and oxygen atoms in total. The second kappa shape index (κ2) is 10.4. The Balaban J connectivity index is 1.64. The molecular weight excluding hydrogens is 398 g/mol. The highest BCUT2D eigenvalue weighted by Gasteiger charge is 2.42. The molecule has 0 aromatic heterocycles. The average molecular weight is 436 g/mol. The first-order valence-corrected chi connectivity index (χ1v) is 11.6. The van der Waals surface area contributed by atoms with Gasteiger partial charge in [0.1, 0.15) is 0 Å². The van der Waals surface area contributed by atoms with Crippen LogP contribution in [0.15, 0.2) is 0 Å². The standard InChI is InChI=1S/C22H37N5O4/c1-16(28)27-11-8-22(9-12-27)7-4-3-5-17-14-26(15-20(30)23-2)10-6-18(17)25-19(29)13-24-21(22)31/h17-18H,3-15H2,1-2H3,(H,23,30)(H,24,31)(H,25,29)/t17-,18-/m0/s1. The second-order valence-electron chi connectivity index (χ2n) is 9.35. The lowest BCUT2D eigenvalue weighted by Gasteiger charge is -2.42. The van der Waals surface area contributed by atoms with Crippen LogP contribution in [0, 0.1) is 11.3 Å². The summed E-state index contributed by atoms with van der Waals surface area (Å²) in [5, 5.41) is 8.68. The maximum absolute atomic E-state index is 13.0. The van der Waals surface area contributed by atoms with Gasteiger partial charge >= 0.3 is 0 Å². The Hall–Kier alpha value is -2.16. The topological polar surface area (TPSA) is 111 Å². The molecule has 3 rings (SSSR count). The highest BCUT2D eigenvalue weighted by Crippen LogP contribution is 2.38. The summed E-state index contributed by atoms with van der Waals surface area (Å²) in [6.45, 7) is 4.70. The van der Waals surface area contributed by atoms with Crippen molar-refractivity contribution in [1.82, 2.24) is 25.8 Å². The van der Waals surface area contributed by atoms with Crippen LogP contribution >= 0.6 is 0 Å². The van der Waals surface area contributed by atoms with Crippen molar-refractivity contribution in [3.8, 4) is 0 Å². The number of rotatable bonds is 2. The maximum Gasteiger partial charge on any atom is 0.239 e. The molecule has 1 spiro atoms. The third kappa shape index (κ3) is 5.96. The number of hydrogen-bond donors (Lipinski definition) is 3. The van der Waals surface area contributed by atoms with Gasteiger partial charge in [0.05, 0.1) is 18.5 Å². The van der Waals surface area contributed by atoms with Crippen LogP contribution in [0.5, 0.6) is 0 Å². The maximum atomic E-state index is 13.0. The van der Waals surface area contributed by atoms with Crippen molar-refractivity contribution in [2.75, 3.05) is 46.3 Å². The number of fused-ring (bicyclic) bond motifs is 1. The largest absolute Gasteiger partial charge is 0.358 e. The van der Waals surface area contributed by atoms with Crippen molar-refractivity contribution < 1.29 is 19.2 Å². The molecule has 3 aliphatic heterocycles. The zero-order chi connectivity index (χ0) is 22.4. The van der Waals surface area contributed by atoms with Gasteiger partial charge in [0.15, 0.2) is 0 Å². The molecule has 0 bridgehead atoms. The van der Waals surface area contributed by atoms with Gasteiger partial charge in [0.25, 0.3) is 0 Å². The van der Waals surface area contributed by atoms with Crippen LogP contribution < -0.4 is 16.0 Å². The average Bonchev–Trinajstić information content (AvgIpc) is 2.76. The van der Waals surface area contributed by atoms with Crippen LogP contribution in [-0.2, 0) is 19.2 Å². The number of likely N-dealkylation sites (N-methyl/N-ethyl adjacent to an activating group) is 1. The van der Waals surface area contributed by atoms with Crippen molar-refractivity contribution >= 4 is 23.6 Å². The molecule has 0 unspecified atom stereocenters. The first-order valence-electron chi connectivity index (χ1n) is 11.6. The quantitative estimate of drug-likeness (QED) is 0.559. The van der Waals surface area contributed by atoms with Crippen molar-refractivity contribution in [1.29, 1.82) is 0 Å². The Morgan fingerprint density at radius 3 is 2.52 bits per heavy atom. The van der Waals surface area contributed by atoms with Gasteiger partial charge in [-0.1, -0.05) is 12.8 Å². The van der Waals surface area contributed by atoms with E-state index in [2.05, 4.69) is 20.9 Å². The van der Waals surface area contributed by atoms with E-state index in [0.717, 1.165) is 45.2 Å². The van der Waals surface area contributed by atoms with E-state index in [9.17, 15) is 19.2 Å². The fourth-order valence-electron chi connectivity index (χ4n) is 5.33. The van der Waals surface area contributed by atoms with Crippen LogP contribution in [0.3, 0.4) is 0 Å². The van der Waals surface area contributed by atoms with E-state index in [1.807, 2.05) is 0 Å². The fraction of sp³-hybridized carbons (Fsp3) is 0.818. The highest BCUT2D eigenvalue weighted by molar-refractivity contribution is 5.88. The molecule has 3 N–H and O–H groups in total. The molecule has 31 heavy (non-hydrogen) atoms. The van der Waals surface area contributed by atoms with E-state index in [1.165, 1.54) is 0 Å². The normalized spacial score (nSPS) is 27.9. The SMILES string of the molecule is CNC(=O)CN1CC[C@@H]2NC(=O)CNC(=O)C3(CCCC[C@H]2C1)CCN(C(C)=O)CC3. The Morgan fingerprint density at radius 1 is 1.10 bits per heavy atom. The van der Waals surface area contributed by atoms with Gasteiger partial charge in [-0.2, -0.15) is 0 Å². The van der Waals surface area contributed by atoms with Gasteiger partial charge in [-0.3, -0.25) is 24.1 Å². The molecule has 174 valence electrons. The smallest absolute Gasteiger partial charge is 0.239 e. The van der Waals surface area contributed by atoms with Gasteiger partial charge in [0.2, 0.25) is 23.6 Å². The van der Waals surface area contributed by atoms with Crippen LogP contribution in [0.4, 0.5) is 0 Å². The second-order valence-corrected chi connectivity index (χ2v) is 9.35. The first-order chi connectivity index (χ1) is 14.8. The van der Waals surface area contributed by atoms with Crippen molar-refractivity contribution in [2.24, 2.45) is 11.3 Å². The molecule has 3 fully saturated rings. The third-order valence-electron chi connectivity index (χ3n) is 7.35. The van der Waals surface area contributed by atoms with Gasteiger partial charge in [-0.25, -0.2) is 0 Å². The number of nitrogens with one attached hydrogen (secondary N) is 3. The van der Waals surface area contributed by atoms with Crippen molar-refractivity contribution in [3.63, 3.8) is 0 Å². The lowest BCUT2D eigenvalue weighted by Crippen LogP contribution is -2.55. The Bertz CT molecular complexity index is 689. The number of nitrogens with zero attached hydrogens (tertiary/aromatic N) is 2. The number of carbonyl (C=O) groups is 4. The van der Waals surface area contributed by atoms with Crippen LogP contribution in [-0.4, -0.2) is 85.8 Å². The Labute approximate surface area is 184 Å². The third-order valence-corrected chi connectivity index (χ3v) is 7.35. The van der Waals surface area contributed by atoms with Crippen molar-refractivity contribution in [2.45, 2.75) is 57.9 Å². The summed E-state index contributed by atoms with van der Waals surface area (Å²) in [6, 6.07) is 0.0810. The number of hydrogen-bond acceptors (Lipinski definition) is 5. The summed E-state index contributed by atoms with van der Waals surface area (Å²) >= 11 is 0. The summed E-state index contributed by atoms with van der Waals surface area (Å²) in [7, 11) is 1.65. The van der Waals surface area contributed by atoms with E-state index < -0.39 is 5.41 Å². The van der Waals surface area contributed by atoms with Crippen LogP contribution in [0.2, 0.25) is 0 Å². The predicted octanol–water partition coefficient (Wildman–Crippen LogP) is -0.142. The number of carbonyl (C=O) groups excluding carboxylic acids is 4. The minimum absolute atomic E-state index is 0.0113. The molecule has 2 atom stereocenters. The number of likely N-dealkylation sites (tertiary alicyclic amines) is 2. The minimum atomic E-state index is -0.497. The molecular formula is C22H37N5O4. The first kappa shape index (κ1) is 23.5. The fourth-order valence-corrected chi connectivity index (χ4v) is 5.33. The van der Waals surface area contributed by atoms with Crippen molar-refractivity contribution in [3.05, 3.63) is 0 Å². The molecule has 3 saturated heterocycles. The van der Waals surface area contributed by atoms with E-state index in [4.69, 9.17) is 0 Å². The molecule has 0 aromatic rings. The lowest BCUT2D eigenvalue weighted by molar-refractivity contribution is -0.141. The van der Waals surface area contributed by atoms with Gasteiger partial charge in [0, 0.05) is 46.2 Å². The molecule has 0 saturated carbocycles. The molecule has 0 aromatic carbocycles. The minimum Gasteiger partial charge on any atom is -0.358 e. The molecule has 0 radical (unpaired) electrons. The van der Waals surface area contributed by atoms with E-state index in [0.29, 0.717) is 38.4 Å². The summed E-state index contributed by atoms with van der Waals surface area (Å²) in [5.74, 6) is 0.154. The van der Waals surface area contributed by atoms with E-state index in [1.54, 1.807) is 18.9 Å². The zero-order valence-corrected chi connectivity index (χ0v) is 18.9. The summed E-state index contributed by atoms with van der Waals surface area (Å²) < 4.78 is 0. The van der Waals surface area contributed by atoms with Gasteiger partial charge in [-0.15, -0.1) is 0 Å². The van der Waals surface area contributed by atoms with Gasteiger partial charge < -0.3 is 20.9 Å². The molecule has 0 aliphatic carbocycles. The van der Waals surface area contributed by atoms with Crippen LogP contribution in [0.1, 0.15) is 51.9 Å². The Kier molecular flexibility index (Phi) is 7.91. The number of piperidine rings is 2. The number of amides is 4. The Morgan fingerprint density at radius 2 is 1.84 bits per heavy atom. The summed E-state index contributed by atoms with van der Waals surface area (Å²) in [4.78, 5) is 53.0. The summed E-state index contributed by atoms with van der Waals surface area (Å²) in [6.07, 6.45) is 5.78. The highest BCUT2D eigenvalue weighted by atomic mass is 16.2. The molecule has 3 aliphatic rings. The molecule has 9 heteroatoms. The van der Waals surface area contributed by atoms with E-state index >= 15 is 0 Å². The van der Waals surface area contributed by atoms with E-state index in [-0.39, 0.29) is 36.2 Å².